The van der Waals surface area contributed by atoms with E-state index in [1.807, 2.05) is 36.4 Å². The topological polar surface area (TPSA) is 52.8 Å². The first-order valence-electron chi connectivity index (χ1n) is 11.7. The molecule has 5 aromatic rings. The third-order valence-electron chi connectivity index (χ3n) is 6.51. The summed E-state index contributed by atoms with van der Waals surface area (Å²) in [6, 6.07) is 22.3. The van der Waals surface area contributed by atoms with Gasteiger partial charge in [0, 0.05) is 55.1 Å². The van der Waals surface area contributed by atoms with Gasteiger partial charge in [0.1, 0.15) is 0 Å². The van der Waals surface area contributed by atoms with Crippen LogP contribution in [0.25, 0.3) is 33.4 Å². The molecule has 3 aromatic heterocycles. The van der Waals surface area contributed by atoms with E-state index < -0.39 is 0 Å². The van der Waals surface area contributed by atoms with Gasteiger partial charge in [-0.15, -0.1) is 23.8 Å². The summed E-state index contributed by atoms with van der Waals surface area (Å²) in [4.78, 5) is 8.73. The molecule has 0 N–H and O–H groups in total. The number of benzene rings is 2. The van der Waals surface area contributed by atoms with Gasteiger partial charge < -0.3 is 15.2 Å². The van der Waals surface area contributed by atoms with E-state index in [0.29, 0.717) is 5.56 Å². The fraction of sp³-hybridized carbons (Fsp3) is 0.233. The number of pyridine rings is 2. The number of aromatic nitrogens is 4. The van der Waals surface area contributed by atoms with Gasteiger partial charge in [0.25, 0.3) is 0 Å². The molecule has 185 valence electrons. The Kier molecular flexibility index (Phi) is 6.96. The molecule has 3 heterocycles. The Labute approximate surface area is 224 Å². The van der Waals surface area contributed by atoms with Crippen LogP contribution < -0.4 is 5.10 Å². The van der Waals surface area contributed by atoms with Crippen molar-refractivity contribution in [1.29, 1.82) is 0 Å². The zero-order valence-electron chi connectivity index (χ0n) is 20.9. The van der Waals surface area contributed by atoms with Crippen molar-refractivity contribution in [2.75, 3.05) is 0 Å². The molecule has 0 atom stereocenters. The van der Waals surface area contributed by atoms with Crippen LogP contribution in [0.5, 0.6) is 0 Å². The monoisotopic (exact) mass is 655 g/mol. The summed E-state index contributed by atoms with van der Waals surface area (Å²) in [6.45, 7) is 10.5. The maximum Gasteiger partial charge on any atom is 0.0494 e. The van der Waals surface area contributed by atoms with Crippen molar-refractivity contribution in [3.63, 3.8) is 0 Å². The molecule has 0 unspecified atom stereocenters. The van der Waals surface area contributed by atoms with E-state index in [1.54, 1.807) is 18.5 Å². The van der Waals surface area contributed by atoms with Crippen molar-refractivity contribution in [1.82, 2.24) is 20.2 Å². The van der Waals surface area contributed by atoms with Crippen molar-refractivity contribution in [3.05, 3.63) is 102 Å². The van der Waals surface area contributed by atoms with Crippen molar-refractivity contribution in [3.8, 4) is 22.6 Å². The van der Waals surface area contributed by atoms with Gasteiger partial charge in [0.05, 0.1) is 0 Å². The van der Waals surface area contributed by atoms with Gasteiger partial charge in [-0.2, -0.15) is 0 Å². The van der Waals surface area contributed by atoms with Crippen LogP contribution in [-0.2, 0) is 30.9 Å². The molecule has 4 nitrogen and oxygen atoms in total. The number of rotatable bonds is 1. The Morgan fingerprint density at radius 3 is 2.44 bits per heavy atom. The summed E-state index contributed by atoms with van der Waals surface area (Å²) < 4.78 is 14.4. The standard InChI is InChI=1S/C18H13FN.C12H14N3.Ir/c1-18(2)13-7-3-5-11-9-10-20-17(15(11)13)12-6-4-8-14(19)16(12)18;1-12(2,3)11-8-10(14-15-11)9-6-4-5-7-13-9;/h3-5,7-10H,1-2H3;4-8H,1-3H3;/q2*-1;. The Bertz CT molecular complexity index is 1510. The smallest absolute Gasteiger partial charge is 0.0494 e. The molecule has 0 saturated heterocycles. The van der Waals surface area contributed by atoms with Gasteiger partial charge in [-0.05, 0) is 45.6 Å². The van der Waals surface area contributed by atoms with E-state index in [9.17, 15) is 4.39 Å². The van der Waals surface area contributed by atoms with Gasteiger partial charge >= 0.3 is 0 Å². The van der Waals surface area contributed by atoms with E-state index >= 15 is 0 Å². The summed E-state index contributed by atoms with van der Waals surface area (Å²) in [6.07, 6.45) is 3.54. The van der Waals surface area contributed by atoms with Crippen molar-refractivity contribution >= 4 is 10.8 Å². The second-order valence-corrected chi connectivity index (χ2v) is 10.3. The normalized spacial score (nSPS) is 13.3. The molecule has 6 heteroatoms. The van der Waals surface area contributed by atoms with Gasteiger partial charge in [-0.25, -0.2) is 4.39 Å². The van der Waals surface area contributed by atoms with Crippen LogP contribution in [0.3, 0.4) is 0 Å². The van der Waals surface area contributed by atoms with E-state index in [-0.39, 0.29) is 36.8 Å². The molecule has 1 aliphatic carbocycles. The minimum Gasteiger partial charge on any atom is -0.573 e. The Morgan fingerprint density at radius 1 is 0.944 bits per heavy atom. The molecule has 0 bridgehead atoms. The van der Waals surface area contributed by atoms with Crippen LogP contribution in [0.1, 0.15) is 51.4 Å². The summed E-state index contributed by atoms with van der Waals surface area (Å²) in [5.41, 5.74) is 5.84. The number of halogens is 1. The summed E-state index contributed by atoms with van der Waals surface area (Å²) in [7, 11) is 0. The molecule has 0 saturated carbocycles. The SMILES string of the molecule is CC(C)(C)c1cc(-c2ccccn2)[n-]n1.CC1(C)c2c([c-]ccc2F)-c2nccc3cccc1c23.[Ir]. The number of nitrogens with zero attached hydrogens (tertiary/aromatic N) is 4. The van der Waals surface area contributed by atoms with Crippen LogP contribution in [0.4, 0.5) is 4.39 Å². The molecule has 36 heavy (non-hydrogen) atoms. The maximum atomic E-state index is 14.4. The fourth-order valence-electron chi connectivity index (χ4n) is 4.65. The van der Waals surface area contributed by atoms with Gasteiger partial charge in [0.15, 0.2) is 0 Å². The first-order chi connectivity index (χ1) is 16.7. The van der Waals surface area contributed by atoms with E-state index in [1.165, 1.54) is 6.07 Å². The fourth-order valence-corrected chi connectivity index (χ4v) is 4.65. The molecule has 0 aliphatic heterocycles. The molecule has 2 aromatic carbocycles. The third-order valence-corrected chi connectivity index (χ3v) is 6.51. The number of fused-ring (bicyclic) bond motifs is 2. The van der Waals surface area contributed by atoms with Gasteiger partial charge in [-0.3, -0.25) is 4.98 Å². The van der Waals surface area contributed by atoms with E-state index in [2.05, 4.69) is 73.0 Å². The summed E-state index contributed by atoms with van der Waals surface area (Å²) >= 11 is 0. The minimum atomic E-state index is -0.382. The van der Waals surface area contributed by atoms with Crippen LogP contribution in [0, 0.1) is 11.9 Å². The second-order valence-electron chi connectivity index (χ2n) is 10.3. The third kappa shape index (κ3) is 4.52. The van der Waals surface area contributed by atoms with Crippen LogP contribution in [-0.4, -0.2) is 15.1 Å². The molecule has 1 radical (unpaired) electrons. The Hall–Kier alpha value is -3.21. The predicted molar refractivity (Wildman–Crippen MR) is 138 cm³/mol. The predicted octanol–water partition coefficient (Wildman–Crippen LogP) is 6.88. The first-order valence-corrected chi connectivity index (χ1v) is 11.7. The van der Waals surface area contributed by atoms with E-state index in [4.69, 9.17) is 0 Å². The average molecular weight is 655 g/mol. The molecule has 6 rings (SSSR count). The second kappa shape index (κ2) is 9.68. The Morgan fingerprint density at radius 2 is 1.75 bits per heavy atom. The summed E-state index contributed by atoms with van der Waals surface area (Å²) in [5, 5.41) is 10.6. The zero-order chi connectivity index (χ0) is 24.8. The molecule has 0 fully saturated rings. The van der Waals surface area contributed by atoms with Crippen molar-refractivity contribution < 1.29 is 24.5 Å². The average Bonchev–Trinajstić information content (AvgIpc) is 3.35. The number of hydrogen-bond donors (Lipinski definition) is 0. The minimum absolute atomic E-state index is 0. The number of hydrogen-bond acceptors (Lipinski definition) is 3. The largest absolute Gasteiger partial charge is 0.573 e. The van der Waals surface area contributed by atoms with Gasteiger partial charge in [-0.1, -0.05) is 76.2 Å². The molecule has 0 spiro atoms. The Balaban J connectivity index is 0.000000172. The quantitative estimate of drug-likeness (QED) is 0.185. The van der Waals surface area contributed by atoms with E-state index in [0.717, 1.165) is 44.7 Å². The molecule has 1 aliphatic rings. The summed E-state index contributed by atoms with van der Waals surface area (Å²) in [5.74, 6) is -0.183. The molecular weight excluding hydrogens is 628 g/mol. The first kappa shape index (κ1) is 25.9. The van der Waals surface area contributed by atoms with Crippen LogP contribution in [0.15, 0.2) is 73.1 Å². The van der Waals surface area contributed by atoms with Crippen molar-refractivity contribution in [2.45, 2.75) is 45.4 Å². The van der Waals surface area contributed by atoms with Gasteiger partial charge in [0.2, 0.25) is 0 Å². The van der Waals surface area contributed by atoms with Crippen molar-refractivity contribution in [2.24, 2.45) is 0 Å². The molecule has 0 amide bonds. The van der Waals surface area contributed by atoms with Crippen LogP contribution >= 0.6 is 0 Å². The van der Waals surface area contributed by atoms with Crippen LogP contribution in [0.2, 0.25) is 0 Å². The zero-order valence-corrected chi connectivity index (χ0v) is 23.3. The maximum absolute atomic E-state index is 14.4. The molecular formula is C30H27FIrN4-2.